The second kappa shape index (κ2) is 11.9. The highest BCUT2D eigenvalue weighted by atomic mass is 127. The van der Waals surface area contributed by atoms with Crippen LogP contribution in [0.4, 0.5) is 10.5 Å². The predicted octanol–water partition coefficient (Wildman–Crippen LogP) is 6.71. The summed E-state index contributed by atoms with van der Waals surface area (Å²) in [6.07, 6.45) is 1.66. The molecule has 3 amide bonds. The highest BCUT2D eigenvalue weighted by molar-refractivity contribution is 14.1. The van der Waals surface area contributed by atoms with E-state index >= 15 is 0 Å². The topological polar surface area (TPSA) is 84.9 Å². The van der Waals surface area contributed by atoms with Gasteiger partial charge in [0, 0.05) is 5.69 Å². The minimum Gasteiger partial charge on any atom is -0.497 e. The van der Waals surface area contributed by atoms with Crippen molar-refractivity contribution in [2.24, 2.45) is 0 Å². The Morgan fingerprint density at radius 3 is 2.54 bits per heavy atom. The van der Waals surface area contributed by atoms with Crippen LogP contribution >= 0.6 is 34.4 Å². The number of rotatable bonds is 8. The summed E-state index contributed by atoms with van der Waals surface area (Å²) < 4.78 is 12.1. The fraction of sp³-hybridized carbons (Fsp3) is 0.100. The smallest absolute Gasteiger partial charge is 0.294 e. The van der Waals surface area contributed by atoms with Crippen LogP contribution in [0.25, 0.3) is 16.8 Å². The summed E-state index contributed by atoms with van der Waals surface area (Å²) in [5.74, 6) is 0.416. The zero-order chi connectivity index (χ0) is 27.4. The number of methoxy groups -OCH3 is 1. The van der Waals surface area contributed by atoms with Crippen molar-refractivity contribution >= 4 is 73.9 Å². The van der Waals surface area contributed by atoms with Crippen LogP contribution in [0.5, 0.6) is 11.5 Å². The monoisotopic (exact) mass is 650 g/mol. The van der Waals surface area contributed by atoms with Crippen molar-refractivity contribution < 1.29 is 23.9 Å². The standard InChI is InChI=1S/C30H23IN2O5S/c1-37-23-12-10-22(11-13-23)32-28(34)17-33-29(35)27(39-30(33)36)16-19-9-14-26(25(31)15-19)38-18-21-7-4-6-20-5-2-3-8-24(20)21/h2-16H,17-18H2,1H3,(H,32,34)/b27-16+. The number of fused-ring (bicyclic) bond motifs is 1. The third kappa shape index (κ3) is 6.26. The number of nitrogens with one attached hydrogen (secondary N) is 1. The number of thioether (sulfide) groups is 1. The molecule has 4 aromatic rings. The van der Waals surface area contributed by atoms with Crippen LogP contribution in [-0.2, 0) is 16.2 Å². The second-order valence-electron chi connectivity index (χ2n) is 8.66. The van der Waals surface area contributed by atoms with Crippen molar-refractivity contribution in [3.8, 4) is 11.5 Å². The Kier molecular flexibility index (Phi) is 8.18. The van der Waals surface area contributed by atoms with E-state index in [4.69, 9.17) is 9.47 Å². The molecule has 9 heteroatoms. The molecule has 0 aromatic heterocycles. The van der Waals surface area contributed by atoms with Crippen LogP contribution < -0.4 is 14.8 Å². The van der Waals surface area contributed by atoms with Gasteiger partial charge < -0.3 is 14.8 Å². The van der Waals surface area contributed by atoms with Crippen molar-refractivity contribution in [3.05, 3.63) is 105 Å². The number of amides is 3. The van der Waals surface area contributed by atoms with E-state index in [2.05, 4.69) is 52.2 Å². The number of hydrogen-bond donors (Lipinski definition) is 1. The van der Waals surface area contributed by atoms with Gasteiger partial charge in [0.1, 0.15) is 24.7 Å². The predicted molar refractivity (Wildman–Crippen MR) is 162 cm³/mol. The number of carbonyl (C=O) groups excluding carboxylic acids is 3. The number of anilines is 1. The highest BCUT2D eigenvalue weighted by Crippen LogP contribution is 2.33. The SMILES string of the molecule is COc1ccc(NC(=O)CN2C(=O)S/C(=C/c3ccc(OCc4cccc5ccccc45)c(I)c3)C2=O)cc1. The normalized spacial score (nSPS) is 14.2. The third-order valence-corrected chi connectivity index (χ3v) is 7.82. The first-order valence-electron chi connectivity index (χ1n) is 12.0. The number of imide groups is 1. The Bertz CT molecular complexity index is 1600. The van der Waals surface area contributed by atoms with Crippen LogP contribution in [0.3, 0.4) is 0 Å². The van der Waals surface area contributed by atoms with Crippen molar-refractivity contribution in [2.75, 3.05) is 19.0 Å². The quantitative estimate of drug-likeness (QED) is 0.169. The van der Waals surface area contributed by atoms with E-state index < -0.39 is 17.1 Å². The van der Waals surface area contributed by atoms with Crippen molar-refractivity contribution in [2.45, 2.75) is 6.61 Å². The molecular weight excluding hydrogens is 627 g/mol. The first kappa shape index (κ1) is 26.8. The molecule has 0 radical (unpaired) electrons. The number of hydrogen-bond acceptors (Lipinski definition) is 6. The third-order valence-electron chi connectivity index (χ3n) is 6.07. The maximum absolute atomic E-state index is 12.9. The lowest BCUT2D eigenvalue weighted by Crippen LogP contribution is -2.36. The summed E-state index contributed by atoms with van der Waals surface area (Å²) in [6.45, 7) is 0.0562. The number of benzene rings is 4. The molecule has 0 saturated carbocycles. The molecule has 1 aliphatic rings. The van der Waals surface area contributed by atoms with Gasteiger partial charge in [0.2, 0.25) is 5.91 Å². The summed E-state index contributed by atoms with van der Waals surface area (Å²) in [6, 6.07) is 26.7. The average molecular weight is 650 g/mol. The molecule has 5 rings (SSSR count). The lowest BCUT2D eigenvalue weighted by atomic mass is 10.1. The zero-order valence-electron chi connectivity index (χ0n) is 20.8. The number of ether oxygens (including phenoxy) is 2. The molecular formula is C30H23IN2O5S. The van der Waals surface area contributed by atoms with Gasteiger partial charge in [-0.25, -0.2) is 0 Å². The van der Waals surface area contributed by atoms with Gasteiger partial charge >= 0.3 is 0 Å². The van der Waals surface area contributed by atoms with E-state index in [0.717, 1.165) is 47.9 Å². The fourth-order valence-electron chi connectivity index (χ4n) is 4.10. The second-order valence-corrected chi connectivity index (χ2v) is 10.8. The Morgan fingerprint density at radius 1 is 1.00 bits per heavy atom. The number of halogens is 1. The minimum absolute atomic E-state index is 0.262. The Morgan fingerprint density at radius 2 is 1.77 bits per heavy atom. The molecule has 1 aliphatic heterocycles. The van der Waals surface area contributed by atoms with E-state index in [0.29, 0.717) is 18.0 Å². The molecule has 1 N–H and O–H groups in total. The molecule has 1 saturated heterocycles. The molecule has 196 valence electrons. The van der Waals surface area contributed by atoms with Gasteiger partial charge in [0.25, 0.3) is 11.1 Å². The minimum atomic E-state index is -0.499. The van der Waals surface area contributed by atoms with Crippen LogP contribution in [0.2, 0.25) is 0 Å². The van der Waals surface area contributed by atoms with Crippen molar-refractivity contribution in [3.63, 3.8) is 0 Å². The molecule has 0 bridgehead atoms. The van der Waals surface area contributed by atoms with Crippen LogP contribution in [0.1, 0.15) is 11.1 Å². The van der Waals surface area contributed by atoms with Crippen molar-refractivity contribution in [1.82, 2.24) is 4.90 Å². The maximum atomic E-state index is 12.9. The molecule has 1 heterocycles. The van der Waals surface area contributed by atoms with Gasteiger partial charge in [-0.1, -0.05) is 48.5 Å². The fourth-order valence-corrected chi connectivity index (χ4v) is 5.64. The van der Waals surface area contributed by atoms with Crippen LogP contribution in [0.15, 0.2) is 89.8 Å². The van der Waals surface area contributed by atoms with E-state index in [1.165, 1.54) is 0 Å². The summed E-state index contributed by atoms with van der Waals surface area (Å²) >= 11 is 3.01. The van der Waals surface area contributed by atoms with Crippen LogP contribution in [-0.4, -0.2) is 35.6 Å². The van der Waals surface area contributed by atoms with E-state index in [9.17, 15) is 14.4 Å². The van der Waals surface area contributed by atoms with E-state index in [1.807, 2.05) is 36.4 Å². The molecule has 0 spiro atoms. The molecule has 0 unspecified atom stereocenters. The van der Waals surface area contributed by atoms with Gasteiger partial charge in [-0.15, -0.1) is 0 Å². The summed E-state index contributed by atoms with van der Waals surface area (Å²) in [5, 5.41) is 4.52. The van der Waals surface area contributed by atoms with E-state index in [1.54, 1.807) is 37.5 Å². The summed E-state index contributed by atoms with van der Waals surface area (Å²) in [4.78, 5) is 39.1. The van der Waals surface area contributed by atoms with Gasteiger partial charge in [-0.3, -0.25) is 19.3 Å². The Balaban J connectivity index is 1.23. The van der Waals surface area contributed by atoms with Gasteiger partial charge in [0.05, 0.1) is 15.6 Å². The van der Waals surface area contributed by atoms with Gasteiger partial charge in [-0.05, 0) is 98.7 Å². The molecule has 7 nitrogen and oxygen atoms in total. The van der Waals surface area contributed by atoms with E-state index in [-0.39, 0.29) is 11.4 Å². The number of carbonyl (C=O) groups is 3. The van der Waals surface area contributed by atoms with Crippen molar-refractivity contribution in [1.29, 1.82) is 0 Å². The molecule has 39 heavy (non-hydrogen) atoms. The first-order valence-corrected chi connectivity index (χ1v) is 13.9. The molecule has 1 fully saturated rings. The highest BCUT2D eigenvalue weighted by Gasteiger charge is 2.36. The van der Waals surface area contributed by atoms with Crippen LogP contribution in [0, 0.1) is 3.57 Å². The lowest BCUT2D eigenvalue weighted by molar-refractivity contribution is -0.127. The average Bonchev–Trinajstić information content (AvgIpc) is 3.20. The lowest BCUT2D eigenvalue weighted by Gasteiger charge is -2.12. The maximum Gasteiger partial charge on any atom is 0.294 e. The molecule has 4 aromatic carbocycles. The molecule has 0 atom stereocenters. The Hall–Kier alpha value is -3.83. The zero-order valence-corrected chi connectivity index (χ0v) is 23.8. The van der Waals surface area contributed by atoms with Gasteiger partial charge in [-0.2, -0.15) is 0 Å². The first-order chi connectivity index (χ1) is 18.9. The summed E-state index contributed by atoms with van der Waals surface area (Å²) in [5.41, 5.74) is 2.39. The Labute approximate surface area is 243 Å². The molecule has 0 aliphatic carbocycles. The largest absolute Gasteiger partial charge is 0.497 e. The van der Waals surface area contributed by atoms with Gasteiger partial charge in [0.15, 0.2) is 0 Å². The number of nitrogens with zero attached hydrogens (tertiary/aromatic N) is 1. The summed E-state index contributed by atoms with van der Waals surface area (Å²) in [7, 11) is 1.55.